The topological polar surface area (TPSA) is 86.1 Å². The highest BCUT2D eigenvalue weighted by molar-refractivity contribution is 7.14. The fraction of sp³-hybridized carbons (Fsp3) is 0.0909. The van der Waals surface area contributed by atoms with E-state index in [0.29, 0.717) is 38.0 Å². The molecular weight excluding hydrogens is 471 g/mol. The molecule has 1 N–H and O–H groups in total. The summed E-state index contributed by atoms with van der Waals surface area (Å²) in [4.78, 5) is 29.7. The Morgan fingerprint density at radius 1 is 1.12 bits per heavy atom. The number of nitrogens with zero attached hydrogens (tertiary/aromatic N) is 3. The largest absolute Gasteiger partial charge is 0.495 e. The smallest absolute Gasteiger partial charge is 0.281 e. The number of rotatable bonds is 5. The molecule has 0 spiro atoms. The van der Waals surface area contributed by atoms with E-state index >= 15 is 0 Å². The molecule has 0 saturated carbocycles. The fourth-order valence-corrected chi connectivity index (χ4v) is 4.21. The van der Waals surface area contributed by atoms with Crippen molar-refractivity contribution in [3.8, 4) is 22.7 Å². The van der Waals surface area contributed by atoms with Crippen molar-refractivity contribution in [2.75, 3.05) is 12.4 Å². The molecule has 2 aromatic carbocycles. The highest BCUT2D eigenvalue weighted by Crippen LogP contribution is 2.31. The quantitative estimate of drug-likeness (QED) is 0.417. The van der Waals surface area contributed by atoms with E-state index in [1.807, 2.05) is 6.07 Å². The number of aromatic nitrogens is 3. The monoisotopic (exact) mass is 486 g/mol. The summed E-state index contributed by atoms with van der Waals surface area (Å²) in [5, 5.41) is 9.88. The van der Waals surface area contributed by atoms with E-state index in [2.05, 4.69) is 15.4 Å². The molecule has 162 valence electrons. The SMILES string of the molecule is COc1ccc(-c2csc(NC(=O)c3nn(-c4ccccc4Cl)c(C)cc3=O)n2)cc1Cl. The molecule has 4 aromatic rings. The Morgan fingerprint density at radius 3 is 2.62 bits per heavy atom. The number of ether oxygens (including phenoxy) is 1. The van der Waals surface area contributed by atoms with Crippen molar-refractivity contribution < 1.29 is 9.53 Å². The standard InChI is InChI=1S/C22H16Cl2N4O3S/c1-12-9-18(29)20(27-28(12)17-6-4-3-5-14(17)23)21(30)26-22-25-16(11-32-22)13-7-8-19(31-2)15(24)10-13/h3-11H,1-2H3,(H,25,26,30). The zero-order valence-electron chi connectivity index (χ0n) is 16.9. The van der Waals surface area contributed by atoms with Gasteiger partial charge in [-0.1, -0.05) is 35.3 Å². The molecule has 2 heterocycles. The number of amides is 1. The minimum absolute atomic E-state index is 0.264. The minimum Gasteiger partial charge on any atom is -0.495 e. The predicted octanol–water partition coefficient (Wildman–Crippen LogP) is 5.23. The second-order valence-electron chi connectivity index (χ2n) is 6.70. The van der Waals surface area contributed by atoms with E-state index in [4.69, 9.17) is 27.9 Å². The molecule has 1 amide bonds. The Balaban J connectivity index is 1.61. The van der Waals surface area contributed by atoms with Gasteiger partial charge in [-0.05, 0) is 37.3 Å². The molecule has 0 aliphatic heterocycles. The maximum Gasteiger partial charge on any atom is 0.281 e. The number of para-hydroxylation sites is 1. The van der Waals surface area contributed by atoms with Crippen LogP contribution in [0.25, 0.3) is 16.9 Å². The molecule has 0 aliphatic carbocycles. The minimum atomic E-state index is -0.663. The molecular formula is C22H16Cl2N4O3S. The van der Waals surface area contributed by atoms with Crippen molar-refractivity contribution >= 4 is 45.6 Å². The number of halogens is 2. The Bertz CT molecular complexity index is 1380. The number of methoxy groups -OCH3 is 1. The summed E-state index contributed by atoms with van der Waals surface area (Å²) in [5.41, 5.74) is 1.74. The number of aryl methyl sites for hydroxylation is 1. The van der Waals surface area contributed by atoms with Crippen LogP contribution in [0.4, 0.5) is 5.13 Å². The van der Waals surface area contributed by atoms with E-state index in [9.17, 15) is 9.59 Å². The molecule has 0 unspecified atom stereocenters. The summed E-state index contributed by atoms with van der Waals surface area (Å²) in [5.74, 6) is -0.108. The lowest BCUT2D eigenvalue weighted by molar-refractivity contribution is 0.101. The van der Waals surface area contributed by atoms with Crippen LogP contribution in [0.15, 0.2) is 58.7 Å². The first-order valence-corrected chi connectivity index (χ1v) is 11.0. The van der Waals surface area contributed by atoms with Gasteiger partial charge in [0.15, 0.2) is 10.8 Å². The average molecular weight is 487 g/mol. The number of nitrogens with one attached hydrogen (secondary N) is 1. The van der Waals surface area contributed by atoms with E-state index < -0.39 is 11.3 Å². The molecule has 0 atom stereocenters. The third kappa shape index (κ3) is 4.38. The van der Waals surface area contributed by atoms with Gasteiger partial charge < -0.3 is 4.74 Å². The molecule has 0 bridgehead atoms. The van der Waals surface area contributed by atoms with Crippen LogP contribution in [0.2, 0.25) is 10.0 Å². The second-order valence-corrected chi connectivity index (χ2v) is 8.38. The van der Waals surface area contributed by atoms with Crippen molar-refractivity contribution in [3.05, 3.63) is 85.6 Å². The van der Waals surface area contributed by atoms with Crippen molar-refractivity contribution in [2.45, 2.75) is 6.92 Å². The zero-order chi connectivity index (χ0) is 22.8. The predicted molar refractivity (Wildman–Crippen MR) is 127 cm³/mol. The van der Waals surface area contributed by atoms with Crippen LogP contribution >= 0.6 is 34.5 Å². The highest BCUT2D eigenvalue weighted by atomic mass is 35.5. The number of carbonyl (C=O) groups is 1. The molecule has 0 aliphatic rings. The van der Waals surface area contributed by atoms with E-state index in [0.717, 1.165) is 5.56 Å². The van der Waals surface area contributed by atoms with Crippen molar-refractivity contribution in [1.82, 2.24) is 14.8 Å². The van der Waals surface area contributed by atoms with Crippen LogP contribution in [0.5, 0.6) is 5.75 Å². The maximum absolute atomic E-state index is 12.8. The summed E-state index contributed by atoms with van der Waals surface area (Å²) in [6, 6.07) is 13.7. The molecule has 7 nitrogen and oxygen atoms in total. The Hall–Kier alpha value is -3.20. The second kappa shape index (κ2) is 9.12. The van der Waals surface area contributed by atoms with E-state index in [1.165, 1.54) is 29.2 Å². The fourth-order valence-electron chi connectivity index (χ4n) is 3.02. The average Bonchev–Trinajstić information content (AvgIpc) is 3.23. The van der Waals surface area contributed by atoms with Crippen LogP contribution < -0.4 is 15.5 Å². The molecule has 0 radical (unpaired) electrons. The third-order valence-corrected chi connectivity index (χ3v) is 5.95. The van der Waals surface area contributed by atoms with E-state index in [1.54, 1.807) is 48.7 Å². The molecule has 4 rings (SSSR count). The molecule has 32 heavy (non-hydrogen) atoms. The van der Waals surface area contributed by atoms with Crippen LogP contribution in [-0.4, -0.2) is 27.8 Å². The van der Waals surface area contributed by atoms with Crippen LogP contribution in [0.1, 0.15) is 16.2 Å². The first-order valence-electron chi connectivity index (χ1n) is 9.34. The van der Waals surface area contributed by atoms with E-state index in [-0.39, 0.29) is 5.69 Å². The van der Waals surface area contributed by atoms with Crippen molar-refractivity contribution in [1.29, 1.82) is 0 Å². The number of hydrogen-bond donors (Lipinski definition) is 1. The molecule has 0 fully saturated rings. The molecule has 10 heteroatoms. The Morgan fingerprint density at radius 2 is 1.91 bits per heavy atom. The molecule has 0 saturated heterocycles. The van der Waals surface area contributed by atoms with Gasteiger partial charge in [-0.2, -0.15) is 5.10 Å². The summed E-state index contributed by atoms with van der Waals surface area (Å²) in [6.45, 7) is 1.71. The number of anilines is 1. The summed E-state index contributed by atoms with van der Waals surface area (Å²) < 4.78 is 6.62. The maximum atomic E-state index is 12.8. The zero-order valence-corrected chi connectivity index (χ0v) is 19.3. The van der Waals surface area contributed by atoms with Crippen molar-refractivity contribution in [2.24, 2.45) is 0 Å². The highest BCUT2D eigenvalue weighted by Gasteiger charge is 2.18. The number of hydrogen-bond acceptors (Lipinski definition) is 6. The van der Waals surface area contributed by atoms with Gasteiger partial charge in [0.05, 0.1) is 28.5 Å². The van der Waals surface area contributed by atoms with Gasteiger partial charge in [0, 0.05) is 22.7 Å². The van der Waals surface area contributed by atoms with Crippen molar-refractivity contribution in [3.63, 3.8) is 0 Å². The van der Waals surface area contributed by atoms with Crippen LogP contribution in [-0.2, 0) is 0 Å². The first-order chi connectivity index (χ1) is 15.4. The van der Waals surface area contributed by atoms with Gasteiger partial charge in [0.25, 0.3) is 5.91 Å². The summed E-state index contributed by atoms with van der Waals surface area (Å²) >= 11 is 13.7. The molecule has 2 aromatic heterocycles. The van der Waals surface area contributed by atoms with Gasteiger partial charge in [-0.3, -0.25) is 14.9 Å². The Kier molecular flexibility index (Phi) is 6.27. The van der Waals surface area contributed by atoms with Gasteiger partial charge in [-0.15, -0.1) is 11.3 Å². The number of thiazole rings is 1. The lowest BCUT2D eigenvalue weighted by Gasteiger charge is -2.12. The first kappa shape index (κ1) is 22.0. The van der Waals surface area contributed by atoms with Gasteiger partial charge >= 0.3 is 0 Å². The lowest BCUT2D eigenvalue weighted by Crippen LogP contribution is -2.27. The Labute approximate surface area is 197 Å². The van der Waals surface area contributed by atoms with Crippen LogP contribution in [0.3, 0.4) is 0 Å². The number of carbonyl (C=O) groups excluding carboxylic acids is 1. The van der Waals surface area contributed by atoms with Gasteiger partial charge in [0.1, 0.15) is 5.75 Å². The van der Waals surface area contributed by atoms with Gasteiger partial charge in [-0.25, -0.2) is 9.67 Å². The third-order valence-electron chi connectivity index (χ3n) is 4.58. The summed E-state index contributed by atoms with van der Waals surface area (Å²) in [7, 11) is 1.54. The van der Waals surface area contributed by atoms with Gasteiger partial charge in [0.2, 0.25) is 5.43 Å². The van der Waals surface area contributed by atoms with Crippen LogP contribution in [0, 0.1) is 6.92 Å². The number of benzene rings is 2. The lowest BCUT2D eigenvalue weighted by atomic mass is 10.2. The normalized spacial score (nSPS) is 10.8. The summed E-state index contributed by atoms with van der Waals surface area (Å²) in [6.07, 6.45) is 0.